The van der Waals surface area contributed by atoms with E-state index in [2.05, 4.69) is 17.0 Å². The molecule has 0 spiro atoms. The highest BCUT2D eigenvalue weighted by Crippen LogP contribution is 2.26. The summed E-state index contributed by atoms with van der Waals surface area (Å²) in [5.41, 5.74) is 2.78. The number of fused-ring (bicyclic) bond motifs is 1. The Morgan fingerprint density at radius 1 is 0.897 bits per heavy atom. The second-order valence-corrected chi connectivity index (χ2v) is 10.3. The molecule has 2 aliphatic heterocycles. The number of benzene rings is 1. The maximum atomic E-state index is 12.8. The van der Waals surface area contributed by atoms with Gasteiger partial charge in [0.15, 0.2) is 0 Å². The molecule has 0 unspecified atom stereocenters. The fourth-order valence-electron chi connectivity index (χ4n) is 4.58. The standard InChI is InChI=1S/C21H33N3O4S/c25-20(17-28-21-8-7-18-5-4-6-19(18)15-21)16-22-11-13-24(14-12-22)29(26,27)23-9-2-1-3-10-23/h7-8,15,20,25H,1-6,9-14,16-17H2/t20-/m1/s1. The Balaban J connectivity index is 1.21. The van der Waals surface area contributed by atoms with Crippen LogP contribution in [-0.2, 0) is 23.1 Å². The third-order valence-corrected chi connectivity index (χ3v) is 8.32. The summed E-state index contributed by atoms with van der Waals surface area (Å²) in [6, 6.07) is 6.21. The van der Waals surface area contributed by atoms with Crippen molar-refractivity contribution >= 4 is 10.2 Å². The van der Waals surface area contributed by atoms with Crippen LogP contribution in [0.4, 0.5) is 0 Å². The van der Waals surface area contributed by atoms with Gasteiger partial charge in [0.25, 0.3) is 10.2 Å². The lowest BCUT2D eigenvalue weighted by molar-refractivity contribution is 0.0561. The van der Waals surface area contributed by atoms with Gasteiger partial charge in [-0.2, -0.15) is 17.0 Å². The van der Waals surface area contributed by atoms with Crippen LogP contribution in [0.2, 0.25) is 0 Å². The first-order chi connectivity index (χ1) is 14.0. The minimum atomic E-state index is -3.34. The molecule has 0 saturated carbocycles. The largest absolute Gasteiger partial charge is 0.491 e. The van der Waals surface area contributed by atoms with Crippen molar-refractivity contribution in [2.24, 2.45) is 0 Å². The summed E-state index contributed by atoms with van der Waals surface area (Å²) in [6.07, 6.45) is 5.91. The van der Waals surface area contributed by atoms with Gasteiger partial charge in [-0.25, -0.2) is 0 Å². The Kier molecular flexibility index (Phi) is 6.76. The molecular formula is C21H33N3O4S. The second-order valence-electron chi connectivity index (χ2n) is 8.42. The van der Waals surface area contributed by atoms with E-state index in [0.717, 1.165) is 37.9 Å². The highest BCUT2D eigenvalue weighted by molar-refractivity contribution is 7.86. The maximum Gasteiger partial charge on any atom is 0.282 e. The number of rotatable bonds is 7. The Labute approximate surface area is 174 Å². The lowest BCUT2D eigenvalue weighted by Crippen LogP contribution is -2.54. The molecule has 29 heavy (non-hydrogen) atoms. The van der Waals surface area contributed by atoms with Crippen LogP contribution < -0.4 is 4.74 Å². The van der Waals surface area contributed by atoms with Crippen LogP contribution in [0.3, 0.4) is 0 Å². The zero-order valence-electron chi connectivity index (χ0n) is 17.1. The SMILES string of the molecule is O=S(=O)(N1CCCCC1)N1CCN(C[C@@H](O)COc2ccc3c(c2)CCC3)CC1. The zero-order valence-corrected chi connectivity index (χ0v) is 17.9. The van der Waals surface area contributed by atoms with Crippen LogP contribution in [0.5, 0.6) is 5.75 Å². The number of aliphatic hydroxyl groups excluding tert-OH is 1. The Hall–Kier alpha value is -1.19. The minimum Gasteiger partial charge on any atom is -0.491 e. The number of aryl methyl sites for hydroxylation is 2. The summed E-state index contributed by atoms with van der Waals surface area (Å²) in [4.78, 5) is 2.12. The van der Waals surface area contributed by atoms with Crippen LogP contribution in [0.15, 0.2) is 18.2 Å². The number of β-amino-alcohol motifs (C(OH)–C–C–N with tert-alkyl or cyclic N) is 1. The highest BCUT2D eigenvalue weighted by Gasteiger charge is 2.33. The molecule has 1 N–H and O–H groups in total. The van der Waals surface area contributed by atoms with Gasteiger partial charge in [-0.05, 0) is 55.4 Å². The molecule has 7 nitrogen and oxygen atoms in total. The van der Waals surface area contributed by atoms with E-state index in [1.54, 1.807) is 8.61 Å². The molecule has 1 atom stereocenters. The topological polar surface area (TPSA) is 73.3 Å². The summed E-state index contributed by atoms with van der Waals surface area (Å²) in [7, 11) is -3.34. The lowest BCUT2D eigenvalue weighted by Gasteiger charge is -2.38. The van der Waals surface area contributed by atoms with Crippen molar-refractivity contribution in [2.75, 3.05) is 52.4 Å². The molecule has 4 rings (SSSR count). The van der Waals surface area contributed by atoms with E-state index in [4.69, 9.17) is 4.74 Å². The molecule has 0 bridgehead atoms. The Morgan fingerprint density at radius 3 is 2.34 bits per heavy atom. The van der Waals surface area contributed by atoms with Gasteiger partial charge >= 0.3 is 0 Å². The number of hydrogen-bond acceptors (Lipinski definition) is 5. The van der Waals surface area contributed by atoms with Crippen molar-refractivity contribution in [3.8, 4) is 5.75 Å². The number of piperidine rings is 1. The summed E-state index contributed by atoms with van der Waals surface area (Å²) < 4.78 is 34.6. The van der Waals surface area contributed by atoms with Gasteiger partial charge in [0.05, 0.1) is 0 Å². The van der Waals surface area contributed by atoms with Gasteiger partial charge in [0.1, 0.15) is 18.5 Å². The van der Waals surface area contributed by atoms with Gasteiger partial charge in [-0.3, -0.25) is 4.90 Å². The molecule has 1 aromatic carbocycles. The van der Waals surface area contributed by atoms with Crippen molar-refractivity contribution in [3.05, 3.63) is 29.3 Å². The summed E-state index contributed by atoms with van der Waals surface area (Å²) >= 11 is 0. The second kappa shape index (κ2) is 9.31. The molecule has 1 aromatic rings. The van der Waals surface area contributed by atoms with E-state index in [-0.39, 0.29) is 6.61 Å². The van der Waals surface area contributed by atoms with Crippen LogP contribution >= 0.6 is 0 Å². The third-order valence-electron chi connectivity index (χ3n) is 6.28. The van der Waals surface area contributed by atoms with Gasteiger partial charge < -0.3 is 9.84 Å². The molecule has 0 aromatic heterocycles. The number of hydrogen-bond donors (Lipinski definition) is 1. The van der Waals surface area contributed by atoms with Crippen molar-refractivity contribution in [1.82, 2.24) is 13.5 Å². The monoisotopic (exact) mass is 423 g/mol. The minimum absolute atomic E-state index is 0.255. The maximum absolute atomic E-state index is 12.8. The Bertz CT molecular complexity index is 787. The molecule has 0 radical (unpaired) electrons. The molecule has 2 heterocycles. The first-order valence-corrected chi connectivity index (χ1v) is 12.3. The molecule has 8 heteroatoms. The van der Waals surface area contributed by atoms with E-state index < -0.39 is 16.3 Å². The summed E-state index contributed by atoms with van der Waals surface area (Å²) in [5.74, 6) is 0.821. The number of piperazine rings is 1. The first-order valence-electron chi connectivity index (χ1n) is 10.9. The average Bonchev–Trinajstić information content (AvgIpc) is 3.21. The van der Waals surface area contributed by atoms with E-state index in [0.29, 0.717) is 45.8 Å². The van der Waals surface area contributed by atoms with E-state index in [1.165, 1.54) is 17.5 Å². The van der Waals surface area contributed by atoms with Crippen LogP contribution in [-0.4, -0.2) is 85.6 Å². The van der Waals surface area contributed by atoms with E-state index in [1.807, 2.05) is 6.07 Å². The summed E-state index contributed by atoms with van der Waals surface area (Å²) in [5, 5.41) is 10.4. The van der Waals surface area contributed by atoms with Gasteiger partial charge in [-0.1, -0.05) is 12.5 Å². The van der Waals surface area contributed by atoms with Crippen molar-refractivity contribution in [2.45, 2.75) is 44.6 Å². The number of aliphatic hydroxyl groups is 1. The first kappa shape index (κ1) is 21.1. The van der Waals surface area contributed by atoms with Gasteiger partial charge in [0.2, 0.25) is 0 Å². The van der Waals surface area contributed by atoms with Crippen molar-refractivity contribution in [1.29, 1.82) is 0 Å². The average molecular weight is 424 g/mol. The third kappa shape index (κ3) is 5.11. The molecule has 3 aliphatic rings. The number of nitrogens with zero attached hydrogens (tertiary/aromatic N) is 3. The normalized spacial score (nSPS) is 23.1. The predicted octanol–water partition coefficient (Wildman–Crippen LogP) is 1.26. The predicted molar refractivity (Wildman–Crippen MR) is 112 cm³/mol. The lowest BCUT2D eigenvalue weighted by atomic mass is 10.1. The van der Waals surface area contributed by atoms with Crippen LogP contribution in [0.1, 0.15) is 36.8 Å². The van der Waals surface area contributed by atoms with Crippen LogP contribution in [0, 0.1) is 0 Å². The van der Waals surface area contributed by atoms with Gasteiger partial charge in [0, 0.05) is 45.8 Å². The zero-order chi connectivity index (χ0) is 20.3. The molecule has 2 saturated heterocycles. The molecule has 0 amide bonds. The van der Waals surface area contributed by atoms with Crippen LogP contribution in [0.25, 0.3) is 0 Å². The van der Waals surface area contributed by atoms with E-state index >= 15 is 0 Å². The smallest absolute Gasteiger partial charge is 0.282 e. The fourth-order valence-corrected chi connectivity index (χ4v) is 6.25. The molecule has 1 aliphatic carbocycles. The van der Waals surface area contributed by atoms with E-state index in [9.17, 15) is 13.5 Å². The van der Waals surface area contributed by atoms with Crippen molar-refractivity contribution in [3.63, 3.8) is 0 Å². The van der Waals surface area contributed by atoms with Crippen molar-refractivity contribution < 1.29 is 18.3 Å². The molecule has 2 fully saturated rings. The summed E-state index contributed by atoms with van der Waals surface area (Å²) in [6.45, 7) is 4.29. The van der Waals surface area contributed by atoms with Gasteiger partial charge in [-0.15, -0.1) is 0 Å². The fraction of sp³-hybridized carbons (Fsp3) is 0.714. The molecular weight excluding hydrogens is 390 g/mol. The molecule has 162 valence electrons. The quantitative estimate of drug-likeness (QED) is 0.715. The highest BCUT2D eigenvalue weighted by atomic mass is 32.2. The number of ether oxygens (including phenoxy) is 1. The Morgan fingerprint density at radius 2 is 1.59 bits per heavy atom.